The Balaban J connectivity index is 1.81. The molecule has 1 unspecified atom stereocenters. The highest BCUT2D eigenvalue weighted by atomic mass is 32.2. The first-order valence-electron chi connectivity index (χ1n) is 11.9. The molecule has 34 heavy (non-hydrogen) atoms. The Bertz CT molecular complexity index is 1190. The van der Waals surface area contributed by atoms with Gasteiger partial charge in [0.25, 0.3) is 0 Å². The number of thioether (sulfide) groups is 1. The molecule has 1 aliphatic heterocycles. The summed E-state index contributed by atoms with van der Waals surface area (Å²) in [5.74, 6) is 1.31. The number of aryl methyl sites for hydroxylation is 1. The molecular formula is C27H33N3O3S. The largest absolute Gasteiger partial charge is 0.494 e. The summed E-state index contributed by atoms with van der Waals surface area (Å²) < 4.78 is 7.93. The Labute approximate surface area is 205 Å². The summed E-state index contributed by atoms with van der Waals surface area (Å²) in [6.07, 6.45) is 0.886. The van der Waals surface area contributed by atoms with E-state index in [9.17, 15) is 9.59 Å². The summed E-state index contributed by atoms with van der Waals surface area (Å²) in [5, 5.41) is 5.10. The number of benzene rings is 2. The zero-order chi connectivity index (χ0) is 24.2. The van der Waals surface area contributed by atoms with Crippen LogP contribution >= 0.6 is 11.8 Å². The van der Waals surface area contributed by atoms with Gasteiger partial charge in [0.15, 0.2) is 0 Å². The topological polar surface area (TPSA) is 63.6 Å². The van der Waals surface area contributed by atoms with Crippen LogP contribution in [0.15, 0.2) is 53.6 Å². The third-order valence-electron chi connectivity index (χ3n) is 6.21. The Morgan fingerprint density at radius 1 is 1.18 bits per heavy atom. The zero-order valence-electron chi connectivity index (χ0n) is 20.3. The van der Waals surface area contributed by atoms with Gasteiger partial charge in [-0.3, -0.25) is 9.59 Å². The van der Waals surface area contributed by atoms with Crippen molar-refractivity contribution in [2.24, 2.45) is 13.0 Å². The van der Waals surface area contributed by atoms with Gasteiger partial charge in [0.05, 0.1) is 23.9 Å². The van der Waals surface area contributed by atoms with Gasteiger partial charge in [-0.15, -0.1) is 0 Å². The molecule has 7 heteroatoms. The first-order valence-corrected chi connectivity index (χ1v) is 12.9. The normalized spacial score (nSPS) is 16.0. The SMILES string of the molecule is CCOc1ccccc1CN1C(=O)CSc2c(c3ccccc3n2C)C1C(=O)NCCC(C)C. The maximum Gasteiger partial charge on any atom is 0.247 e. The van der Waals surface area contributed by atoms with Crippen molar-refractivity contribution in [2.45, 2.75) is 44.8 Å². The Morgan fingerprint density at radius 2 is 1.91 bits per heavy atom. The van der Waals surface area contributed by atoms with Crippen LogP contribution in [0.1, 0.15) is 44.4 Å². The van der Waals surface area contributed by atoms with Gasteiger partial charge in [0, 0.05) is 35.6 Å². The highest BCUT2D eigenvalue weighted by Gasteiger charge is 2.39. The van der Waals surface area contributed by atoms with Gasteiger partial charge in [0.1, 0.15) is 11.8 Å². The Morgan fingerprint density at radius 3 is 2.68 bits per heavy atom. The van der Waals surface area contributed by atoms with Crippen LogP contribution in [-0.2, 0) is 23.2 Å². The standard InChI is InChI=1S/C27H33N3O3S/c1-5-33-22-13-9-6-10-19(22)16-30-23(31)17-34-27-24(20-11-7-8-12-21(20)29(27)4)25(30)26(32)28-15-14-18(2)3/h6-13,18,25H,5,14-17H2,1-4H3,(H,28,32). The van der Waals surface area contributed by atoms with Crippen LogP contribution in [0, 0.1) is 5.92 Å². The monoisotopic (exact) mass is 479 g/mol. The summed E-state index contributed by atoms with van der Waals surface area (Å²) in [6.45, 7) is 7.64. The number of aromatic nitrogens is 1. The highest BCUT2D eigenvalue weighted by molar-refractivity contribution is 8.00. The number of nitrogens with zero attached hydrogens (tertiary/aromatic N) is 2. The summed E-state index contributed by atoms with van der Waals surface area (Å²) in [5.41, 5.74) is 2.86. The number of fused-ring (bicyclic) bond motifs is 3. The van der Waals surface area contributed by atoms with Crippen molar-refractivity contribution >= 4 is 34.5 Å². The van der Waals surface area contributed by atoms with Crippen LogP contribution < -0.4 is 10.1 Å². The molecule has 0 bridgehead atoms. The van der Waals surface area contributed by atoms with Crippen LogP contribution in [-0.4, -0.2) is 40.2 Å². The van der Waals surface area contributed by atoms with E-state index in [4.69, 9.17) is 4.74 Å². The van der Waals surface area contributed by atoms with Gasteiger partial charge < -0.3 is 19.5 Å². The lowest BCUT2D eigenvalue weighted by Crippen LogP contribution is -2.43. The fourth-order valence-corrected chi connectivity index (χ4v) is 5.59. The van der Waals surface area contributed by atoms with Crippen molar-refractivity contribution in [2.75, 3.05) is 18.9 Å². The van der Waals surface area contributed by atoms with E-state index in [0.717, 1.165) is 39.2 Å². The fourth-order valence-electron chi connectivity index (χ4n) is 4.50. The van der Waals surface area contributed by atoms with E-state index >= 15 is 0 Å². The molecule has 1 aliphatic rings. The molecule has 2 aromatic carbocycles. The minimum absolute atomic E-state index is 0.0550. The average Bonchev–Trinajstić information content (AvgIpc) is 3.00. The van der Waals surface area contributed by atoms with Gasteiger partial charge in [-0.1, -0.05) is 62.0 Å². The number of hydrogen-bond donors (Lipinski definition) is 1. The molecule has 4 rings (SSSR count). The third kappa shape index (κ3) is 4.80. The van der Waals surface area contributed by atoms with E-state index in [0.29, 0.717) is 25.6 Å². The smallest absolute Gasteiger partial charge is 0.247 e. The molecule has 0 aliphatic carbocycles. The van der Waals surface area contributed by atoms with Crippen LogP contribution in [0.25, 0.3) is 10.9 Å². The summed E-state index contributed by atoms with van der Waals surface area (Å²) >= 11 is 1.51. The quantitative estimate of drug-likeness (QED) is 0.498. The molecule has 0 saturated heterocycles. The average molecular weight is 480 g/mol. The molecule has 1 N–H and O–H groups in total. The molecule has 0 fully saturated rings. The predicted octanol–water partition coefficient (Wildman–Crippen LogP) is 4.91. The number of carbonyl (C=O) groups excluding carboxylic acids is 2. The number of para-hydroxylation sites is 2. The molecule has 0 saturated carbocycles. The molecule has 2 heterocycles. The van der Waals surface area contributed by atoms with Crippen LogP contribution in [0.2, 0.25) is 0 Å². The molecular weight excluding hydrogens is 446 g/mol. The number of rotatable bonds is 8. The van der Waals surface area contributed by atoms with Gasteiger partial charge >= 0.3 is 0 Å². The van der Waals surface area contributed by atoms with Crippen molar-refractivity contribution in [1.29, 1.82) is 0 Å². The zero-order valence-corrected chi connectivity index (χ0v) is 21.2. The van der Waals surface area contributed by atoms with Gasteiger partial charge in [-0.25, -0.2) is 0 Å². The minimum Gasteiger partial charge on any atom is -0.494 e. The van der Waals surface area contributed by atoms with E-state index in [2.05, 4.69) is 29.8 Å². The number of hydrogen-bond acceptors (Lipinski definition) is 4. The van der Waals surface area contributed by atoms with Gasteiger partial charge in [-0.05, 0) is 31.4 Å². The van der Waals surface area contributed by atoms with Crippen molar-refractivity contribution in [1.82, 2.24) is 14.8 Å². The Kier molecular flexibility index (Phi) is 7.51. The number of amides is 2. The maximum atomic E-state index is 13.8. The van der Waals surface area contributed by atoms with Crippen LogP contribution in [0.3, 0.4) is 0 Å². The van der Waals surface area contributed by atoms with Gasteiger partial charge in [-0.2, -0.15) is 0 Å². The first kappa shape index (κ1) is 24.2. The lowest BCUT2D eigenvalue weighted by Gasteiger charge is -2.30. The minimum atomic E-state index is -0.717. The highest BCUT2D eigenvalue weighted by Crippen LogP contribution is 2.42. The van der Waals surface area contributed by atoms with Crippen molar-refractivity contribution in [3.8, 4) is 5.75 Å². The van der Waals surface area contributed by atoms with Gasteiger partial charge in [0.2, 0.25) is 11.8 Å². The molecule has 0 spiro atoms. The molecule has 1 aromatic heterocycles. The first-order chi connectivity index (χ1) is 16.4. The van der Waals surface area contributed by atoms with Crippen molar-refractivity contribution < 1.29 is 14.3 Å². The molecule has 0 radical (unpaired) electrons. The summed E-state index contributed by atoms with van der Waals surface area (Å²) in [6, 6.07) is 15.1. The van der Waals surface area contributed by atoms with E-state index in [1.165, 1.54) is 11.8 Å². The molecule has 2 amide bonds. The molecule has 180 valence electrons. The summed E-state index contributed by atoms with van der Waals surface area (Å²) in [4.78, 5) is 29.0. The lowest BCUT2D eigenvalue weighted by molar-refractivity contribution is -0.139. The summed E-state index contributed by atoms with van der Waals surface area (Å²) in [7, 11) is 2.01. The fraction of sp³-hybridized carbons (Fsp3) is 0.407. The Hall–Kier alpha value is -2.93. The number of carbonyl (C=O) groups is 2. The van der Waals surface area contributed by atoms with Crippen molar-refractivity contribution in [3.63, 3.8) is 0 Å². The second-order valence-electron chi connectivity index (χ2n) is 9.02. The lowest BCUT2D eigenvalue weighted by atomic mass is 10.0. The molecule has 3 aromatic rings. The van der Waals surface area contributed by atoms with E-state index in [1.54, 1.807) is 4.90 Å². The van der Waals surface area contributed by atoms with E-state index < -0.39 is 6.04 Å². The number of ether oxygens (including phenoxy) is 1. The second kappa shape index (κ2) is 10.6. The predicted molar refractivity (Wildman–Crippen MR) is 137 cm³/mol. The molecule has 6 nitrogen and oxygen atoms in total. The van der Waals surface area contributed by atoms with Crippen LogP contribution in [0.5, 0.6) is 5.75 Å². The van der Waals surface area contributed by atoms with Crippen LogP contribution in [0.4, 0.5) is 0 Å². The van der Waals surface area contributed by atoms with E-state index in [-0.39, 0.29) is 17.6 Å². The van der Waals surface area contributed by atoms with Crippen molar-refractivity contribution in [3.05, 3.63) is 59.7 Å². The second-order valence-corrected chi connectivity index (χ2v) is 9.99. The maximum absolute atomic E-state index is 13.8. The van der Waals surface area contributed by atoms with E-state index in [1.807, 2.05) is 56.4 Å². The third-order valence-corrected chi connectivity index (χ3v) is 7.37. The molecule has 1 atom stereocenters. The number of nitrogens with one attached hydrogen (secondary N) is 1.